The van der Waals surface area contributed by atoms with E-state index in [1.54, 1.807) is 0 Å². The number of rotatable bonds is 9. The molecule has 0 atom stereocenters. The lowest BCUT2D eigenvalue weighted by Crippen LogP contribution is -2.25. The molecule has 0 spiro atoms. The van der Waals surface area contributed by atoms with Gasteiger partial charge in [-0.3, -0.25) is 9.88 Å². The van der Waals surface area contributed by atoms with Gasteiger partial charge in [-0.2, -0.15) is 0 Å². The van der Waals surface area contributed by atoms with Crippen molar-refractivity contribution in [1.29, 1.82) is 0 Å². The van der Waals surface area contributed by atoms with Crippen molar-refractivity contribution in [2.24, 2.45) is 0 Å². The molecule has 4 aromatic heterocycles. The number of imidazole rings is 1. The van der Waals surface area contributed by atoms with E-state index in [0.29, 0.717) is 0 Å². The van der Waals surface area contributed by atoms with E-state index >= 15 is 0 Å². The monoisotopic (exact) mass is 403 g/mol. The Morgan fingerprint density at radius 2 is 1.93 bits per heavy atom. The molecule has 0 bridgehead atoms. The van der Waals surface area contributed by atoms with Gasteiger partial charge in [0.25, 0.3) is 0 Å². The molecule has 0 aliphatic carbocycles. The second-order valence-electron chi connectivity index (χ2n) is 7.82. The van der Waals surface area contributed by atoms with E-state index < -0.39 is 0 Å². The molecule has 0 fully saturated rings. The minimum absolute atomic E-state index is 0.800. The highest BCUT2D eigenvalue weighted by Crippen LogP contribution is 2.22. The van der Waals surface area contributed by atoms with E-state index in [1.807, 2.05) is 50.2 Å². The maximum atomic E-state index is 5.86. The quantitative estimate of drug-likeness (QED) is 0.407. The number of aromatic nitrogens is 4. The SMILES string of the molecule is Cc1ccc(CN(CCCn2ccnc2)Cc2cc(C)n(-c3cccnc3)c2C)o1. The van der Waals surface area contributed by atoms with Crippen LogP contribution in [0.3, 0.4) is 0 Å². The fourth-order valence-electron chi connectivity index (χ4n) is 4.01. The third kappa shape index (κ3) is 4.71. The Bertz CT molecular complexity index is 1060. The van der Waals surface area contributed by atoms with E-state index in [9.17, 15) is 0 Å². The molecule has 156 valence electrons. The van der Waals surface area contributed by atoms with Crippen LogP contribution in [0.2, 0.25) is 0 Å². The van der Waals surface area contributed by atoms with Crippen LogP contribution in [-0.2, 0) is 19.6 Å². The van der Waals surface area contributed by atoms with Gasteiger partial charge in [0.05, 0.1) is 24.8 Å². The first kappa shape index (κ1) is 20.2. The number of aryl methyl sites for hydroxylation is 3. The molecule has 0 N–H and O–H groups in total. The van der Waals surface area contributed by atoms with E-state index in [0.717, 1.165) is 49.8 Å². The first-order valence-corrected chi connectivity index (χ1v) is 10.4. The van der Waals surface area contributed by atoms with Crippen LogP contribution in [0, 0.1) is 20.8 Å². The van der Waals surface area contributed by atoms with Crippen molar-refractivity contribution in [2.75, 3.05) is 6.54 Å². The van der Waals surface area contributed by atoms with Crippen molar-refractivity contribution in [3.05, 3.63) is 89.9 Å². The van der Waals surface area contributed by atoms with Gasteiger partial charge in [-0.25, -0.2) is 4.98 Å². The fraction of sp³-hybridized carbons (Fsp3) is 0.333. The zero-order valence-electron chi connectivity index (χ0n) is 18.0. The van der Waals surface area contributed by atoms with Crippen LogP contribution in [0.15, 0.2) is 65.9 Å². The summed E-state index contributed by atoms with van der Waals surface area (Å²) >= 11 is 0. The summed E-state index contributed by atoms with van der Waals surface area (Å²) in [7, 11) is 0. The Kier molecular flexibility index (Phi) is 6.14. The van der Waals surface area contributed by atoms with Gasteiger partial charge in [-0.1, -0.05) is 0 Å². The topological polar surface area (TPSA) is 52.0 Å². The number of hydrogen-bond donors (Lipinski definition) is 0. The Labute approximate surface area is 177 Å². The lowest BCUT2D eigenvalue weighted by Gasteiger charge is -2.22. The summed E-state index contributed by atoms with van der Waals surface area (Å²) in [5.41, 5.74) is 4.92. The molecule has 6 heteroatoms. The van der Waals surface area contributed by atoms with E-state index in [4.69, 9.17) is 4.42 Å². The molecular weight excluding hydrogens is 374 g/mol. The zero-order chi connectivity index (χ0) is 20.9. The summed E-state index contributed by atoms with van der Waals surface area (Å²) in [6.45, 7) is 9.96. The maximum absolute atomic E-state index is 5.86. The van der Waals surface area contributed by atoms with Crippen LogP contribution in [-0.4, -0.2) is 30.5 Å². The predicted octanol–water partition coefficient (Wildman–Crippen LogP) is 4.68. The summed E-state index contributed by atoms with van der Waals surface area (Å²) in [6.07, 6.45) is 10.5. The van der Waals surface area contributed by atoms with Gasteiger partial charge in [0.2, 0.25) is 0 Å². The summed E-state index contributed by atoms with van der Waals surface area (Å²) in [5.74, 6) is 1.97. The first-order chi connectivity index (χ1) is 14.6. The lowest BCUT2D eigenvalue weighted by atomic mass is 10.2. The van der Waals surface area contributed by atoms with Crippen LogP contribution >= 0.6 is 0 Å². The Hall–Kier alpha value is -3.12. The molecular formula is C24H29N5O. The largest absolute Gasteiger partial charge is 0.465 e. The lowest BCUT2D eigenvalue weighted by molar-refractivity contribution is 0.227. The molecule has 0 aliphatic heterocycles. The smallest absolute Gasteiger partial charge is 0.118 e. The Morgan fingerprint density at radius 1 is 1.03 bits per heavy atom. The van der Waals surface area contributed by atoms with Crippen molar-refractivity contribution < 1.29 is 4.42 Å². The van der Waals surface area contributed by atoms with E-state index in [1.165, 1.54) is 17.0 Å². The van der Waals surface area contributed by atoms with Crippen molar-refractivity contribution in [2.45, 2.75) is 46.8 Å². The molecule has 6 nitrogen and oxygen atoms in total. The molecule has 0 aromatic carbocycles. The number of nitrogens with zero attached hydrogens (tertiary/aromatic N) is 5. The van der Waals surface area contributed by atoms with Crippen LogP contribution in [0.25, 0.3) is 5.69 Å². The average molecular weight is 404 g/mol. The number of pyridine rings is 1. The maximum Gasteiger partial charge on any atom is 0.118 e. The summed E-state index contributed by atoms with van der Waals surface area (Å²) in [5, 5.41) is 0. The molecule has 30 heavy (non-hydrogen) atoms. The third-order valence-corrected chi connectivity index (χ3v) is 5.46. The highest BCUT2D eigenvalue weighted by atomic mass is 16.3. The molecule has 4 rings (SSSR count). The Morgan fingerprint density at radius 3 is 2.63 bits per heavy atom. The standard InChI is InChI=1S/C24H29N5O/c1-19-14-22(21(3)29(19)23-6-4-9-25-15-23)16-28(17-24-8-7-20(2)30-24)12-5-11-27-13-10-26-18-27/h4,6-10,13-15,18H,5,11-12,16-17H2,1-3H3. The van der Waals surface area contributed by atoms with Crippen molar-refractivity contribution in [3.8, 4) is 5.69 Å². The predicted molar refractivity (Wildman–Crippen MR) is 117 cm³/mol. The molecule has 0 saturated carbocycles. The van der Waals surface area contributed by atoms with Gasteiger partial charge in [0.1, 0.15) is 11.5 Å². The minimum atomic E-state index is 0.800. The molecule has 4 heterocycles. The van der Waals surface area contributed by atoms with Gasteiger partial charge < -0.3 is 13.6 Å². The van der Waals surface area contributed by atoms with Gasteiger partial charge in [0.15, 0.2) is 0 Å². The summed E-state index contributed by atoms with van der Waals surface area (Å²) in [4.78, 5) is 10.9. The molecule has 0 amide bonds. The van der Waals surface area contributed by atoms with Crippen LogP contribution in [0.5, 0.6) is 0 Å². The van der Waals surface area contributed by atoms with Gasteiger partial charge in [-0.15, -0.1) is 0 Å². The summed E-state index contributed by atoms with van der Waals surface area (Å²) < 4.78 is 10.3. The number of furan rings is 1. The van der Waals surface area contributed by atoms with Crippen LogP contribution in [0.4, 0.5) is 0 Å². The normalized spacial score (nSPS) is 11.5. The second kappa shape index (κ2) is 9.13. The van der Waals surface area contributed by atoms with Gasteiger partial charge in [-0.05, 0) is 63.1 Å². The van der Waals surface area contributed by atoms with Crippen LogP contribution in [0.1, 0.15) is 34.9 Å². The van der Waals surface area contributed by atoms with Crippen molar-refractivity contribution in [1.82, 2.24) is 24.0 Å². The van der Waals surface area contributed by atoms with E-state index in [-0.39, 0.29) is 0 Å². The number of hydrogen-bond acceptors (Lipinski definition) is 4. The molecule has 0 unspecified atom stereocenters. The first-order valence-electron chi connectivity index (χ1n) is 10.4. The fourth-order valence-corrected chi connectivity index (χ4v) is 4.01. The zero-order valence-corrected chi connectivity index (χ0v) is 18.0. The second-order valence-corrected chi connectivity index (χ2v) is 7.82. The van der Waals surface area contributed by atoms with Crippen molar-refractivity contribution >= 4 is 0 Å². The molecule has 0 radical (unpaired) electrons. The average Bonchev–Trinajstić information content (AvgIpc) is 3.45. The molecule has 0 saturated heterocycles. The van der Waals surface area contributed by atoms with Gasteiger partial charge in [0, 0.05) is 49.6 Å². The van der Waals surface area contributed by atoms with Crippen molar-refractivity contribution in [3.63, 3.8) is 0 Å². The van der Waals surface area contributed by atoms with E-state index in [2.05, 4.69) is 56.0 Å². The highest BCUT2D eigenvalue weighted by Gasteiger charge is 2.15. The molecule has 4 aromatic rings. The summed E-state index contributed by atoms with van der Waals surface area (Å²) in [6, 6.07) is 10.5. The third-order valence-electron chi connectivity index (χ3n) is 5.46. The Balaban J connectivity index is 1.51. The molecule has 0 aliphatic rings. The highest BCUT2D eigenvalue weighted by molar-refractivity contribution is 5.39. The van der Waals surface area contributed by atoms with Crippen LogP contribution < -0.4 is 0 Å². The van der Waals surface area contributed by atoms with Gasteiger partial charge >= 0.3 is 0 Å². The minimum Gasteiger partial charge on any atom is -0.465 e.